The minimum Gasteiger partial charge on any atom is -0.421 e. The molecule has 1 atom stereocenters. The van der Waals surface area contributed by atoms with Crippen LogP contribution in [0.2, 0.25) is 0 Å². The highest BCUT2D eigenvalue weighted by Gasteiger charge is 2.65. The number of hydrogen-bond acceptors (Lipinski definition) is 4. The zero-order valence-corrected chi connectivity index (χ0v) is 16.3. The van der Waals surface area contributed by atoms with Gasteiger partial charge in [-0.1, -0.05) is 0 Å². The van der Waals surface area contributed by atoms with Crippen LogP contribution in [0, 0.1) is 6.92 Å². The number of likely N-dealkylation sites (tertiary alicyclic amines) is 1. The Labute approximate surface area is 167 Å². The van der Waals surface area contributed by atoms with Crippen LogP contribution in [0.5, 0.6) is 11.5 Å². The molecule has 0 N–H and O–H groups in total. The SMILES string of the molecule is Cc1cn(-c2ccc3c(c2)OC(F)(F)C(F)(F)O3)c(=NC(=O)N2CCC[C@@H]2C)s1. The molecule has 1 saturated heterocycles. The van der Waals surface area contributed by atoms with Crippen LogP contribution in [0.3, 0.4) is 0 Å². The second kappa shape index (κ2) is 6.75. The van der Waals surface area contributed by atoms with Crippen LogP contribution < -0.4 is 14.3 Å². The van der Waals surface area contributed by atoms with Gasteiger partial charge in [0.05, 0.1) is 5.69 Å². The zero-order valence-electron chi connectivity index (χ0n) is 15.5. The summed E-state index contributed by atoms with van der Waals surface area (Å²) in [5, 5.41) is 0. The Kier molecular flexibility index (Phi) is 4.60. The van der Waals surface area contributed by atoms with Crippen molar-refractivity contribution >= 4 is 17.4 Å². The van der Waals surface area contributed by atoms with E-state index in [0.29, 0.717) is 17.0 Å². The molecule has 0 radical (unpaired) electrons. The van der Waals surface area contributed by atoms with Crippen molar-refractivity contribution in [2.24, 2.45) is 4.99 Å². The molecule has 0 aliphatic carbocycles. The Morgan fingerprint density at radius 1 is 1.21 bits per heavy atom. The number of fused-ring (bicyclic) bond motifs is 1. The largest absolute Gasteiger partial charge is 0.507 e. The number of rotatable bonds is 1. The van der Waals surface area contributed by atoms with Crippen molar-refractivity contribution in [1.29, 1.82) is 0 Å². The van der Waals surface area contributed by atoms with Crippen molar-refractivity contribution in [3.05, 3.63) is 34.1 Å². The molecule has 0 spiro atoms. The van der Waals surface area contributed by atoms with E-state index in [1.807, 2.05) is 6.92 Å². The number of hydrogen-bond donors (Lipinski definition) is 0. The van der Waals surface area contributed by atoms with Crippen molar-refractivity contribution in [3.8, 4) is 17.2 Å². The molecule has 0 bridgehead atoms. The maximum absolute atomic E-state index is 13.5. The summed E-state index contributed by atoms with van der Waals surface area (Å²) in [6.45, 7) is 4.38. The van der Waals surface area contributed by atoms with Gasteiger partial charge in [-0.3, -0.25) is 4.57 Å². The van der Waals surface area contributed by atoms with Crippen LogP contribution in [0.4, 0.5) is 22.4 Å². The average molecular weight is 431 g/mol. The van der Waals surface area contributed by atoms with E-state index in [9.17, 15) is 22.4 Å². The number of carbonyl (C=O) groups is 1. The quantitative estimate of drug-likeness (QED) is 0.633. The molecule has 2 aromatic rings. The summed E-state index contributed by atoms with van der Waals surface area (Å²) in [6.07, 6.45) is -6.09. The molecule has 1 fully saturated rings. The first-order valence-electron chi connectivity index (χ1n) is 8.90. The van der Waals surface area contributed by atoms with Gasteiger partial charge in [-0.15, -0.1) is 11.3 Å². The van der Waals surface area contributed by atoms with Crippen LogP contribution in [0.25, 0.3) is 5.69 Å². The maximum atomic E-state index is 13.5. The van der Waals surface area contributed by atoms with Gasteiger partial charge in [0.2, 0.25) is 0 Å². The second-order valence-electron chi connectivity index (χ2n) is 6.94. The lowest BCUT2D eigenvalue weighted by Gasteiger charge is -2.31. The topological polar surface area (TPSA) is 56.1 Å². The van der Waals surface area contributed by atoms with Crippen molar-refractivity contribution in [3.63, 3.8) is 0 Å². The van der Waals surface area contributed by atoms with Crippen LogP contribution in [0.1, 0.15) is 24.6 Å². The number of urea groups is 1. The molecule has 6 nitrogen and oxygen atoms in total. The fourth-order valence-electron chi connectivity index (χ4n) is 3.29. The summed E-state index contributed by atoms with van der Waals surface area (Å²) in [5.74, 6) is -1.03. The van der Waals surface area contributed by atoms with Crippen LogP contribution >= 0.6 is 11.3 Å². The maximum Gasteiger partial charge on any atom is 0.507 e. The lowest BCUT2D eigenvalue weighted by Crippen LogP contribution is -2.52. The molecule has 29 heavy (non-hydrogen) atoms. The molecule has 0 saturated carbocycles. The monoisotopic (exact) mass is 431 g/mol. The third kappa shape index (κ3) is 3.47. The van der Waals surface area contributed by atoms with Crippen molar-refractivity contribution in [1.82, 2.24) is 9.47 Å². The minimum atomic E-state index is -4.80. The van der Waals surface area contributed by atoms with E-state index in [-0.39, 0.29) is 12.1 Å². The Bertz CT molecular complexity index is 1030. The van der Waals surface area contributed by atoms with E-state index in [1.54, 1.807) is 18.0 Å². The average Bonchev–Trinajstić information content (AvgIpc) is 3.20. The predicted octanol–water partition coefficient (Wildman–Crippen LogP) is 4.31. The molecular weight excluding hydrogens is 414 g/mol. The number of aromatic nitrogens is 1. The molecule has 2 aliphatic rings. The van der Waals surface area contributed by atoms with E-state index in [2.05, 4.69) is 14.5 Å². The number of amides is 2. The van der Waals surface area contributed by atoms with Crippen molar-refractivity contribution < 1.29 is 31.8 Å². The summed E-state index contributed by atoms with van der Waals surface area (Å²) in [5.41, 5.74) is 0.318. The van der Waals surface area contributed by atoms with Gasteiger partial charge in [0.15, 0.2) is 16.3 Å². The highest BCUT2D eigenvalue weighted by atomic mass is 32.1. The van der Waals surface area contributed by atoms with Gasteiger partial charge < -0.3 is 14.4 Å². The van der Waals surface area contributed by atoms with E-state index < -0.39 is 23.7 Å². The number of benzene rings is 1. The first kappa shape index (κ1) is 19.7. The molecule has 3 heterocycles. The highest BCUT2D eigenvalue weighted by Crippen LogP contribution is 2.47. The van der Waals surface area contributed by atoms with Gasteiger partial charge in [-0.05, 0) is 38.8 Å². The Hall–Kier alpha value is -2.56. The van der Waals surface area contributed by atoms with E-state index >= 15 is 0 Å². The number of ether oxygens (including phenoxy) is 2. The number of thiazole rings is 1. The van der Waals surface area contributed by atoms with Gasteiger partial charge in [-0.25, -0.2) is 4.79 Å². The molecule has 1 aromatic carbocycles. The molecule has 0 unspecified atom stereocenters. The molecule has 2 amide bonds. The lowest BCUT2D eigenvalue weighted by molar-refractivity contribution is -0.391. The summed E-state index contributed by atoms with van der Waals surface area (Å²) in [6, 6.07) is 3.37. The van der Waals surface area contributed by atoms with Crippen LogP contribution in [-0.2, 0) is 0 Å². The van der Waals surface area contributed by atoms with Crippen molar-refractivity contribution in [2.75, 3.05) is 6.54 Å². The minimum absolute atomic E-state index is 0.0963. The molecule has 11 heteroatoms. The Balaban J connectivity index is 1.72. The Morgan fingerprint density at radius 3 is 2.55 bits per heavy atom. The number of alkyl halides is 4. The van der Waals surface area contributed by atoms with Crippen molar-refractivity contribution in [2.45, 2.75) is 44.9 Å². The fraction of sp³-hybridized carbons (Fsp3) is 0.444. The summed E-state index contributed by atoms with van der Waals surface area (Å²) in [4.78, 5) is 19.5. The predicted molar refractivity (Wildman–Crippen MR) is 95.9 cm³/mol. The molecule has 156 valence electrons. The molecule has 4 rings (SSSR count). The summed E-state index contributed by atoms with van der Waals surface area (Å²) >= 11 is 1.24. The summed E-state index contributed by atoms with van der Waals surface area (Å²) in [7, 11) is 0. The molecule has 2 aliphatic heterocycles. The number of carbonyl (C=O) groups excluding carboxylic acids is 1. The molecular formula is C18H17F4N3O3S. The highest BCUT2D eigenvalue weighted by molar-refractivity contribution is 7.09. The van der Waals surface area contributed by atoms with Gasteiger partial charge in [0, 0.05) is 29.7 Å². The second-order valence-corrected chi connectivity index (χ2v) is 8.16. The number of nitrogens with zero attached hydrogens (tertiary/aromatic N) is 3. The van der Waals surface area contributed by atoms with Gasteiger partial charge in [0.1, 0.15) is 0 Å². The van der Waals surface area contributed by atoms with Crippen LogP contribution in [0.15, 0.2) is 29.4 Å². The first-order chi connectivity index (χ1) is 13.6. The van der Waals surface area contributed by atoms with Gasteiger partial charge in [0.25, 0.3) is 0 Å². The number of halogens is 4. The lowest BCUT2D eigenvalue weighted by atomic mass is 10.2. The Morgan fingerprint density at radius 2 is 1.90 bits per heavy atom. The van der Waals surface area contributed by atoms with E-state index in [0.717, 1.165) is 29.9 Å². The van der Waals surface area contributed by atoms with Gasteiger partial charge in [-0.2, -0.15) is 22.6 Å². The third-order valence-electron chi connectivity index (χ3n) is 4.78. The fourth-order valence-corrected chi connectivity index (χ4v) is 4.11. The first-order valence-corrected chi connectivity index (χ1v) is 9.71. The summed E-state index contributed by atoms with van der Waals surface area (Å²) < 4.78 is 63.4. The van der Waals surface area contributed by atoms with E-state index in [4.69, 9.17) is 0 Å². The zero-order chi connectivity index (χ0) is 21.0. The third-order valence-corrected chi connectivity index (χ3v) is 5.68. The van der Waals surface area contributed by atoms with Crippen LogP contribution in [-0.4, -0.2) is 40.3 Å². The van der Waals surface area contributed by atoms with Gasteiger partial charge >= 0.3 is 18.2 Å². The number of aryl methyl sites for hydroxylation is 1. The molecule has 1 aromatic heterocycles. The smallest absolute Gasteiger partial charge is 0.421 e. The normalized spacial score (nSPS) is 22.8. The van der Waals surface area contributed by atoms with E-state index in [1.165, 1.54) is 22.0 Å². The standard InChI is InChI=1S/C18H17F4N3O3S/c1-10-4-3-7-24(10)15(26)23-16-25(9-11(2)29-16)12-5-6-13-14(8-12)28-18(21,22)17(19,20)27-13/h5-6,8-10H,3-4,7H2,1-2H3/t10-/m0/s1.